The molecule has 0 fully saturated rings. The SMILES string of the molecule is CCC(=CC=C(C)C(O)(CC)CC)c1cccc(OCc2ccc(CO)c(CO)c2)c1. The first-order valence-electron chi connectivity index (χ1n) is 11.1. The predicted molar refractivity (Wildman–Crippen MR) is 127 cm³/mol. The molecule has 31 heavy (non-hydrogen) atoms. The average molecular weight is 425 g/mol. The smallest absolute Gasteiger partial charge is 0.120 e. The first-order chi connectivity index (χ1) is 14.9. The third-order valence-electron chi connectivity index (χ3n) is 6.04. The number of aliphatic hydroxyl groups excluding tert-OH is 2. The maximum absolute atomic E-state index is 10.7. The second-order valence-corrected chi connectivity index (χ2v) is 7.87. The molecule has 0 atom stereocenters. The largest absolute Gasteiger partial charge is 0.489 e. The van der Waals surface area contributed by atoms with E-state index in [1.54, 1.807) is 0 Å². The number of hydrogen-bond acceptors (Lipinski definition) is 4. The summed E-state index contributed by atoms with van der Waals surface area (Å²) in [5.41, 5.74) is 4.87. The summed E-state index contributed by atoms with van der Waals surface area (Å²) in [6.45, 7) is 8.30. The van der Waals surface area contributed by atoms with Crippen LogP contribution in [0.5, 0.6) is 5.75 Å². The van der Waals surface area contributed by atoms with E-state index in [0.717, 1.165) is 40.0 Å². The second kappa shape index (κ2) is 11.8. The molecule has 0 aliphatic rings. The minimum Gasteiger partial charge on any atom is -0.489 e. The van der Waals surface area contributed by atoms with Gasteiger partial charge in [0.05, 0.1) is 18.8 Å². The van der Waals surface area contributed by atoms with E-state index in [4.69, 9.17) is 4.74 Å². The molecule has 0 aromatic heterocycles. The fourth-order valence-corrected chi connectivity index (χ4v) is 3.63. The van der Waals surface area contributed by atoms with E-state index in [1.165, 1.54) is 5.57 Å². The van der Waals surface area contributed by atoms with Crippen LogP contribution in [0, 0.1) is 0 Å². The third-order valence-corrected chi connectivity index (χ3v) is 6.04. The highest BCUT2D eigenvalue weighted by Crippen LogP contribution is 2.27. The molecule has 0 amide bonds. The molecule has 2 aromatic rings. The molecule has 3 N–H and O–H groups in total. The van der Waals surface area contributed by atoms with Crippen LogP contribution in [-0.2, 0) is 19.8 Å². The van der Waals surface area contributed by atoms with E-state index in [2.05, 4.69) is 19.1 Å². The topological polar surface area (TPSA) is 69.9 Å². The zero-order valence-corrected chi connectivity index (χ0v) is 19.2. The summed E-state index contributed by atoms with van der Waals surface area (Å²) in [6, 6.07) is 13.6. The Balaban J connectivity index is 2.18. The summed E-state index contributed by atoms with van der Waals surface area (Å²) in [4.78, 5) is 0. The highest BCUT2D eigenvalue weighted by molar-refractivity contribution is 5.68. The van der Waals surface area contributed by atoms with Crippen molar-refractivity contribution in [1.82, 2.24) is 0 Å². The number of rotatable bonds is 11. The minimum absolute atomic E-state index is 0.0902. The van der Waals surface area contributed by atoms with E-state index in [1.807, 2.05) is 63.2 Å². The molecule has 0 bridgehead atoms. The Morgan fingerprint density at radius 2 is 1.65 bits per heavy atom. The maximum atomic E-state index is 10.7. The van der Waals surface area contributed by atoms with Gasteiger partial charge in [-0.15, -0.1) is 0 Å². The van der Waals surface area contributed by atoms with Gasteiger partial charge in [0.2, 0.25) is 0 Å². The molecule has 4 nitrogen and oxygen atoms in total. The Hall–Kier alpha value is -2.40. The molecule has 0 spiro atoms. The van der Waals surface area contributed by atoms with Crippen LogP contribution in [0.15, 0.2) is 60.2 Å². The predicted octanol–water partition coefficient (Wildman–Crippen LogP) is 5.54. The van der Waals surface area contributed by atoms with Gasteiger partial charge in [0.25, 0.3) is 0 Å². The van der Waals surface area contributed by atoms with Crippen molar-refractivity contribution in [1.29, 1.82) is 0 Å². The summed E-state index contributed by atoms with van der Waals surface area (Å²) < 4.78 is 5.99. The van der Waals surface area contributed by atoms with E-state index in [0.29, 0.717) is 19.4 Å². The molecule has 2 rings (SSSR count). The monoisotopic (exact) mass is 424 g/mol. The molecular formula is C27H36O4. The van der Waals surface area contributed by atoms with E-state index in [9.17, 15) is 15.3 Å². The number of benzene rings is 2. The highest BCUT2D eigenvalue weighted by Gasteiger charge is 2.23. The first kappa shape index (κ1) is 24.9. The number of hydrogen-bond donors (Lipinski definition) is 3. The van der Waals surface area contributed by atoms with E-state index < -0.39 is 5.60 Å². The summed E-state index contributed by atoms with van der Waals surface area (Å²) >= 11 is 0. The Labute approximate surface area is 186 Å². The lowest BCUT2D eigenvalue weighted by Gasteiger charge is -2.26. The van der Waals surface area contributed by atoms with Crippen LogP contribution in [0.3, 0.4) is 0 Å². The standard InChI is InChI=1S/C27H36O4/c1-5-22(13-11-20(4)27(30,6-2)7-3)23-9-8-10-26(16-23)31-19-21-12-14-24(17-28)25(15-21)18-29/h8-16,28-30H,5-7,17-19H2,1-4H3. The molecule has 0 aliphatic carbocycles. The van der Waals surface area contributed by atoms with Crippen molar-refractivity contribution in [2.24, 2.45) is 0 Å². The summed E-state index contributed by atoms with van der Waals surface area (Å²) in [5, 5.41) is 29.5. The van der Waals surface area contributed by atoms with Gasteiger partial charge >= 0.3 is 0 Å². The van der Waals surface area contributed by atoms with Crippen molar-refractivity contribution >= 4 is 5.57 Å². The molecule has 0 saturated heterocycles. The molecule has 0 saturated carbocycles. The quantitative estimate of drug-likeness (QED) is 0.414. The molecule has 2 aromatic carbocycles. The number of ether oxygens (including phenoxy) is 1. The van der Waals surface area contributed by atoms with Gasteiger partial charge < -0.3 is 20.1 Å². The number of allylic oxidation sites excluding steroid dienone is 3. The van der Waals surface area contributed by atoms with Gasteiger partial charge in [-0.05, 0) is 77.8 Å². The van der Waals surface area contributed by atoms with Crippen LogP contribution in [0.25, 0.3) is 5.57 Å². The lowest BCUT2D eigenvalue weighted by atomic mass is 9.88. The van der Waals surface area contributed by atoms with Gasteiger partial charge in [0.15, 0.2) is 0 Å². The Morgan fingerprint density at radius 1 is 0.935 bits per heavy atom. The minimum atomic E-state index is -0.751. The Bertz CT molecular complexity index is 907. The van der Waals surface area contributed by atoms with Crippen LogP contribution in [0.4, 0.5) is 0 Å². The summed E-state index contributed by atoms with van der Waals surface area (Å²) in [5.74, 6) is 0.771. The summed E-state index contributed by atoms with van der Waals surface area (Å²) in [6.07, 6.45) is 6.38. The normalized spacial score (nSPS) is 12.9. The average Bonchev–Trinajstić information content (AvgIpc) is 2.82. The van der Waals surface area contributed by atoms with Crippen LogP contribution >= 0.6 is 0 Å². The van der Waals surface area contributed by atoms with Crippen molar-refractivity contribution in [3.05, 3.63) is 82.4 Å². The van der Waals surface area contributed by atoms with Crippen molar-refractivity contribution in [2.45, 2.75) is 72.4 Å². The van der Waals surface area contributed by atoms with Crippen LogP contribution in [0.2, 0.25) is 0 Å². The zero-order valence-electron chi connectivity index (χ0n) is 19.2. The van der Waals surface area contributed by atoms with Crippen LogP contribution < -0.4 is 4.74 Å². The molecule has 0 aliphatic heterocycles. The van der Waals surface area contributed by atoms with Gasteiger partial charge in [-0.2, -0.15) is 0 Å². The van der Waals surface area contributed by atoms with Crippen molar-refractivity contribution < 1.29 is 20.1 Å². The van der Waals surface area contributed by atoms with E-state index >= 15 is 0 Å². The Kier molecular flexibility index (Phi) is 9.50. The van der Waals surface area contributed by atoms with Crippen LogP contribution in [0.1, 0.15) is 69.2 Å². The van der Waals surface area contributed by atoms with Gasteiger partial charge in [0.1, 0.15) is 12.4 Å². The fourth-order valence-electron chi connectivity index (χ4n) is 3.63. The summed E-state index contributed by atoms with van der Waals surface area (Å²) in [7, 11) is 0. The molecule has 0 radical (unpaired) electrons. The molecular weight excluding hydrogens is 388 g/mol. The van der Waals surface area contributed by atoms with Gasteiger partial charge in [-0.25, -0.2) is 0 Å². The third kappa shape index (κ3) is 6.54. The van der Waals surface area contributed by atoms with Gasteiger partial charge in [-0.3, -0.25) is 0 Å². The Morgan fingerprint density at radius 3 is 2.26 bits per heavy atom. The van der Waals surface area contributed by atoms with Crippen molar-refractivity contribution in [3.63, 3.8) is 0 Å². The molecule has 168 valence electrons. The lowest BCUT2D eigenvalue weighted by Crippen LogP contribution is -2.27. The maximum Gasteiger partial charge on any atom is 0.120 e. The second-order valence-electron chi connectivity index (χ2n) is 7.87. The molecule has 4 heteroatoms. The van der Waals surface area contributed by atoms with Crippen molar-refractivity contribution in [2.75, 3.05) is 0 Å². The number of aliphatic hydroxyl groups is 3. The molecule has 0 unspecified atom stereocenters. The van der Waals surface area contributed by atoms with Gasteiger partial charge in [0, 0.05) is 0 Å². The lowest BCUT2D eigenvalue weighted by molar-refractivity contribution is 0.0702. The zero-order chi connectivity index (χ0) is 22.9. The fraction of sp³-hybridized carbons (Fsp3) is 0.407. The van der Waals surface area contributed by atoms with Gasteiger partial charge in [-0.1, -0.05) is 57.2 Å². The van der Waals surface area contributed by atoms with Crippen LogP contribution in [-0.4, -0.2) is 20.9 Å². The van der Waals surface area contributed by atoms with E-state index in [-0.39, 0.29) is 13.2 Å². The first-order valence-corrected chi connectivity index (χ1v) is 11.1. The highest BCUT2D eigenvalue weighted by atomic mass is 16.5. The van der Waals surface area contributed by atoms with Crippen molar-refractivity contribution in [3.8, 4) is 5.75 Å². The molecule has 0 heterocycles.